The molecule has 92 valence electrons. The summed E-state index contributed by atoms with van der Waals surface area (Å²) < 4.78 is 0. The molecular weight excluding hydrogens is 208 g/mol. The summed E-state index contributed by atoms with van der Waals surface area (Å²) >= 11 is 0. The zero-order valence-corrected chi connectivity index (χ0v) is 11.0. The van der Waals surface area contributed by atoms with Gasteiger partial charge in [0.05, 0.1) is 0 Å². The molecule has 2 N–H and O–H groups in total. The molecule has 2 unspecified atom stereocenters. The van der Waals surface area contributed by atoms with Gasteiger partial charge in [-0.2, -0.15) is 0 Å². The van der Waals surface area contributed by atoms with Gasteiger partial charge in [0, 0.05) is 24.3 Å². The van der Waals surface area contributed by atoms with Gasteiger partial charge in [0.25, 0.3) is 0 Å². The number of fused-ring (bicyclic) bond motifs is 1. The van der Waals surface area contributed by atoms with Crippen LogP contribution in [0.15, 0.2) is 30.5 Å². The van der Waals surface area contributed by atoms with Crippen LogP contribution >= 0.6 is 0 Å². The first-order chi connectivity index (χ1) is 8.20. The van der Waals surface area contributed by atoms with E-state index in [1.165, 1.54) is 22.9 Å². The summed E-state index contributed by atoms with van der Waals surface area (Å²) in [5, 5.41) is 4.89. The number of hydrogen-bond acceptors (Lipinski definition) is 1. The van der Waals surface area contributed by atoms with Crippen molar-refractivity contribution in [1.82, 2.24) is 10.3 Å². The Morgan fingerprint density at radius 1 is 1.24 bits per heavy atom. The lowest BCUT2D eigenvalue weighted by Crippen LogP contribution is -2.31. The monoisotopic (exact) mass is 230 g/mol. The molecule has 17 heavy (non-hydrogen) atoms. The van der Waals surface area contributed by atoms with E-state index in [9.17, 15) is 0 Å². The number of benzene rings is 1. The number of H-pyrrole nitrogens is 1. The third-order valence-corrected chi connectivity index (χ3v) is 3.74. The van der Waals surface area contributed by atoms with Gasteiger partial charge < -0.3 is 10.3 Å². The molecule has 1 aromatic carbocycles. The Morgan fingerprint density at radius 2 is 2.06 bits per heavy atom. The summed E-state index contributed by atoms with van der Waals surface area (Å²) in [6, 6.07) is 9.29. The molecule has 0 radical (unpaired) electrons. The summed E-state index contributed by atoms with van der Waals surface area (Å²) in [4.78, 5) is 3.22. The zero-order chi connectivity index (χ0) is 12.3. The maximum absolute atomic E-state index is 3.60. The van der Waals surface area contributed by atoms with Crippen molar-refractivity contribution in [2.45, 2.75) is 39.8 Å². The predicted molar refractivity (Wildman–Crippen MR) is 74.1 cm³/mol. The minimum absolute atomic E-state index is 0.571. The average molecular weight is 230 g/mol. The van der Waals surface area contributed by atoms with Crippen LogP contribution in [0.1, 0.15) is 32.8 Å². The Labute approximate surface area is 103 Å². The molecule has 0 spiro atoms. The third kappa shape index (κ3) is 2.89. The molecule has 1 heterocycles. The molecule has 0 aliphatic heterocycles. The normalized spacial score (nSPS) is 15.0. The summed E-state index contributed by atoms with van der Waals surface area (Å²) in [6.07, 6.45) is 3.22. The van der Waals surface area contributed by atoms with E-state index in [0.29, 0.717) is 6.04 Å². The lowest BCUT2D eigenvalue weighted by molar-refractivity contribution is 0.389. The molecule has 2 nitrogen and oxygen atoms in total. The fraction of sp³-hybridized carbons (Fsp3) is 0.467. The van der Waals surface area contributed by atoms with Crippen molar-refractivity contribution >= 4 is 10.9 Å². The Kier molecular flexibility index (Phi) is 3.85. The second-order valence-corrected chi connectivity index (χ2v) is 4.95. The lowest BCUT2D eigenvalue weighted by atomic mass is 10.0. The van der Waals surface area contributed by atoms with Gasteiger partial charge in [-0.1, -0.05) is 26.3 Å². The first kappa shape index (κ1) is 12.2. The smallest absolute Gasteiger partial charge is 0.0454 e. The van der Waals surface area contributed by atoms with E-state index in [4.69, 9.17) is 0 Å². The minimum Gasteiger partial charge on any atom is -0.361 e. The Balaban J connectivity index is 1.98. The van der Waals surface area contributed by atoms with E-state index in [-0.39, 0.29) is 0 Å². The van der Waals surface area contributed by atoms with E-state index < -0.39 is 0 Å². The molecule has 0 bridgehead atoms. The first-order valence-corrected chi connectivity index (χ1v) is 6.50. The van der Waals surface area contributed by atoms with Crippen molar-refractivity contribution < 1.29 is 0 Å². The van der Waals surface area contributed by atoms with Crippen LogP contribution in [0.25, 0.3) is 10.9 Å². The summed E-state index contributed by atoms with van der Waals surface area (Å²) in [6.45, 7) is 7.76. The second-order valence-electron chi connectivity index (χ2n) is 4.95. The van der Waals surface area contributed by atoms with Crippen molar-refractivity contribution in [2.24, 2.45) is 5.92 Å². The van der Waals surface area contributed by atoms with Gasteiger partial charge >= 0.3 is 0 Å². The number of nitrogens with one attached hydrogen (secondary N) is 2. The molecule has 0 amide bonds. The average Bonchev–Trinajstić information content (AvgIpc) is 2.82. The highest BCUT2D eigenvalue weighted by Crippen LogP contribution is 2.15. The van der Waals surface area contributed by atoms with Crippen molar-refractivity contribution in [3.05, 3.63) is 36.0 Å². The molecule has 2 atom stereocenters. The number of rotatable bonds is 5. The minimum atomic E-state index is 0.571. The van der Waals surface area contributed by atoms with E-state index >= 15 is 0 Å². The third-order valence-electron chi connectivity index (χ3n) is 3.74. The maximum atomic E-state index is 3.60. The fourth-order valence-electron chi connectivity index (χ4n) is 2.05. The molecule has 0 fully saturated rings. The highest BCUT2D eigenvalue weighted by atomic mass is 14.9. The van der Waals surface area contributed by atoms with Crippen molar-refractivity contribution in [3.8, 4) is 0 Å². The van der Waals surface area contributed by atoms with Crippen LogP contribution in [0.5, 0.6) is 0 Å². The fourth-order valence-corrected chi connectivity index (χ4v) is 2.05. The van der Waals surface area contributed by atoms with E-state index in [2.05, 4.69) is 55.3 Å². The van der Waals surface area contributed by atoms with Crippen LogP contribution in [0.4, 0.5) is 0 Å². The van der Waals surface area contributed by atoms with Crippen molar-refractivity contribution in [2.75, 3.05) is 0 Å². The topological polar surface area (TPSA) is 27.8 Å². The molecule has 0 aliphatic carbocycles. The molecule has 0 saturated carbocycles. The first-order valence-electron chi connectivity index (χ1n) is 6.50. The van der Waals surface area contributed by atoms with Crippen molar-refractivity contribution in [1.29, 1.82) is 0 Å². The molecule has 1 aromatic heterocycles. The second kappa shape index (κ2) is 5.37. The zero-order valence-electron chi connectivity index (χ0n) is 11.0. The standard InChI is InChI=1S/C15H22N2/c1-4-11(2)12(3)17-10-13-5-6-15-14(9-13)7-8-16-15/h5-9,11-12,16-17H,4,10H2,1-3H3. The summed E-state index contributed by atoms with van der Waals surface area (Å²) in [5.41, 5.74) is 2.57. The van der Waals surface area contributed by atoms with Crippen LogP contribution in [0.3, 0.4) is 0 Å². The highest BCUT2D eigenvalue weighted by Gasteiger charge is 2.09. The van der Waals surface area contributed by atoms with E-state index in [1.54, 1.807) is 0 Å². The molecule has 2 rings (SSSR count). The maximum Gasteiger partial charge on any atom is 0.0454 e. The van der Waals surface area contributed by atoms with Crippen LogP contribution < -0.4 is 5.32 Å². The van der Waals surface area contributed by atoms with Gasteiger partial charge in [-0.05, 0) is 42.0 Å². The van der Waals surface area contributed by atoms with Crippen LogP contribution in [-0.2, 0) is 6.54 Å². The molecule has 0 aliphatic rings. The Hall–Kier alpha value is -1.28. The van der Waals surface area contributed by atoms with Gasteiger partial charge in [0.1, 0.15) is 0 Å². The van der Waals surface area contributed by atoms with Gasteiger partial charge in [-0.3, -0.25) is 0 Å². The van der Waals surface area contributed by atoms with E-state index in [1.807, 2.05) is 6.20 Å². The summed E-state index contributed by atoms with van der Waals surface area (Å²) in [5.74, 6) is 0.728. The number of aromatic nitrogens is 1. The molecule has 2 heteroatoms. The SMILES string of the molecule is CCC(C)C(C)NCc1ccc2[nH]ccc2c1. The summed E-state index contributed by atoms with van der Waals surface area (Å²) in [7, 11) is 0. The van der Waals surface area contributed by atoms with Gasteiger partial charge in [-0.15, -0.1) is 0 Å². The van der Waals surface area contributed by atoms with Crippen LogP contribution in [0, 0.1) is 5.92 Å². The molecule has 0 saturated heterocycles. The Bertz CT molecular complexity index is 472. The molecular formula is C15H22N2. The van der Waals surface area contributed by atoms with Crippen LogP contribution in [0.2, 0.25) is 0 Å². The lowest BCUT2D eigenvalue weighted by Gasteiger charge is -2.19. The van der Waals surface area contributed by atoms with Crippen molar-refractivity contribution in [3.63, 3.8) is 0 Å². The Morgan fingerprint density at radius 3 is 2.82 bits per heavy atom. The molecule has 2 aromatic rings. The quantitative estimate of drug-likeness (QED) is 0.805. The number of hydrogen-bond donors (Lipinski definition) is 2. The van der Waals surface area contributed by atoms with Gasteiger partial charge in [-0.25, -0.2) is 0 Å². The highest BCUT2D eigenvalue weighted by molar-refractivity contribution is 5.79. The van der Waals surface area contributed by atoms with Gasteiger partial charge in [0.15, 0.2) is 0 Å². The largest absolute Gasteiger partial charge is 0.361 e. The van der Waals surface area contributed by atoms with Crippen LogP contribution in [-0.4, -0.2) is 11.0 Å². The van der Waals surface area contributed by atoms with Gasteiger partial charge in [0.2, 0.25) is 0 Å². The predicted octanol–water partition coefficient (Wildman–Crippen LogP) is 3.69. The number of aromatic amines is 1. The van der Waals surface area contributed by atoms with E-state index in [0.717, 1.165) is 12.5 Å².